The minimum absolute atomic E-state index is 0.0945. The molecule has 182 valence electrons. The van der Waals surface area contributed by atoms with Crippen LogP contribution in [0.15, 0.2) is 42.9 Å². The predicted molar refractivity (Wildman–Crippen MR) is 135 cm³/mol. The first kappa shape index (κ1) is 24.9. The van der Waals surface area contributed by atoms with Crippen LogP contribution in [0.25, 0.3) is 0 Å². The summed E-state index contributed by atoms with van der Waals surface area (Å²) in [6.07, 6.45) is 9.74. The van der Waals surface area contributed by atoms with Gasteiger partial charge >= 0.3 is 5.97 Å². The lowest BCUT2D eigenvalue weighted by Gasteiger charge is -2.22. The van der Waals surface area contributed by atoms with Gasteiger partial charge in [0.05, 0.1) is 18.6 Å². The number of ketones is 1. The summed E-state index contributed by atoms with van der Waals surface area (Å²) in [7, 11) is 1.97. The number of carbonyl (C=O) groups excluding carboxylic acids is 2. The molecule has 3 heterocycles. The number of rotatable bonds is 10. The van der Waals surface area contributed by atoms with Gasteiger partial charge in [-0.15, -0.1) is 11.3 Å². The molecule has 0 amide bonds. The van der Waals surface area contributed by atoms with Gasteiger partial charge in [0.25, 0.3) is 0 Å². The number of nitrogens with zero attached hydrogens (tertiary/aromatic N) is 3. The number of hydrogen-bond donors (Lipinski definition) is 0. The van der Waals surface area contributed by atoms with Gasteiger partial charge in [-0.2, -0.15) is 5.26 Å². The summed E-state index contributed by atoms with van der Waals surface area (Å²) in [4.78, 5) is 31.2. The highest BCUT2D eigenvalue weighted by atomic mass is 32.1. The zero-order valence-corrected chi connectivity index (χ0v) is 21.1. The van der Waals surface area contributed by atoms with E-state index in [1.165, 1.54) is 4.88 Å². The molecule has 7 heteroatoms. The van der Waals surface area contributed by atoms with E-state index in [-0.39, 0.29) is 23.6 Å². The summed E-state index contributed by atoms with van der Waals surface area (Å²) in [5.74, 6) is 0.313. The van der Waals surface area contributed by atoms with Crippen LogP contribution in [0, 0.1) is 17.2 Å². The molecule has 1 aliphatic carbocycles. The second-order valence-corrected chi connectivity index (χ2v) is 10.6. The summed E-state index contributed by atoms with van der Waals surface area (Å²) >= 11 is 1.59. The standard InChI is InChI=1S/C28H31N3O3S/c1-19(21-5-3-11-30-17-21)13-23(32)15-27-25(16-29)24-9-7-20(14-26(24)35-27)18-34-28(33)10-8-22-6-4-12-31(22)2/h3-6,11-12,17,19-20H,7-10,13-15,18H2,1-2H3. The summed E-state index contributed by atoms with van der Waals surface area (Å²) in [6.45, 7) is 2.44. The van der Waals surface area contributed by atoms with Crippen LogP contribution in [-0.4, -0.2) is 27.9 Å². The highest BCUT2D eigenvalue weighted by molar-refractivity contribution is 7.12. The van der Waals surface area contributed by atoms with Crippen molar-refractivity contribution in [2.45, 2.75) is 57.8 Å². The fourth-order valence-electron chi connectivity index (χ4n) is 4.75. The smallest absolute Gasteiger partial charge is 0.306 e. The third-order valence-corrected chi connectivity index (χ3v) is 8.07. The molecular weight excluding hydrogens is 458 g/mol. The number of Topliss-reactive ketones (excluding diaryl/α,β-unsaturated/α-hetero) is 1. The topological polar surface area (TPSA) is 85.0 Å². The Labute approximate surface area is 210 Å². The Bertz CT molecular complexity index is 1220. The van der Waals surface area contributed by atoms with Crippen molar-refractivity contribution in [2.24, 2.45) is 13.0 Å². The number of ether oxygens (including phenoxy) is 1. The fraction of sp³-hybridized carbons (Fsp3) is 0.429. The van der Waals surface area contributed by atoms with Crippen molar-refractivity contribution in [2.75, 3.05) is 6.61 Å². The molecule has 2 atom stereocenters. The van der Waals surface area contributed by atoms with E-state index in [4.69, 9.17) is 4.74 Å². The van der Waals surface area contributed by atoms with E-state index in [2.05, 4.69) is 11.1 Å². The van der Waals surface area contributed by atoms with Crippen LogP contribution in [0.2, 0.25) is 0 Å². The zero-order chi connectivity index (χ0) is 24.8. The van der Waals surface area contributed by atoms with Crippen molar-refractivity contribution < 1.29 is 14.3 Å². The van der Waals surface area contributed by atoms with Gasteiger partial charge in [0.15, 0.2) is 0 Å². The van der Waals surface area contributed by atoms with Crippen molar-refractivity contribution in [1.29, 1.82) is 5.26 Å². The lowest BCUT2D eigenvalue weighted by atomic mass is 9.87. The molecular formula is C28H31N3O3S. The van der Waals surface area contributed by atoms with E-state index >= 15 is 0 Å². The molecule has 0 bridgehead atoms. The van der Waals surface area contributed by atoms with Crippen LogP contribution < -0.4 is 0 Å². The number of pyridine rings is 1. The van der Waals surface area contributed by atoms with Crippen LogP contribution in [0.3, 0.4) is 0 Å². The highest BCUT2D eigenvalue weighted by Crippen LogP contribution is 2.37. The van der Waals surface area contributed by atoms with Crippen molar-refractivity contribution in [3.05, 3.63) is 75.0 Å². The van der Waals surface area contributed by atoms with Crippen LogP contribution in [0.5, 0.6) is 0 Å². The maximum absolute atomic E-state index is 12.8. The Balaban J connectivity index is 1.31. The lowest BCUT2D eigenvalue weighted by Crippen LogP contribution is -2.20. The molecule has 3 aromatic rings. The number of fused-ring (bicyclic) bond motifs is 1. The minimum Gasteiger partial charge on any atom is -0.465 e. The molecule has 6 nitrogen and oxygen atoms in total. The Morgan fingerprint density at radius 3 is 2.91 bits per heavy atom. The van der Waals surface area contributed by atoms with Gasteiger partial charge in [-0.3, -0.25) is 14.6 Å². The maximum Gasteiger partial charge on any atom is 0.306 e. The monoisotopic (exact) mass is 489 g/mol. The van der Waals surface area contributed by atoms with Crippen LogP contribution >= 0.6 is 11.3 Å². The highest BCUT2D eigenvalue weighted by Gasteiger charge is 2.27. The minimum atomic E-state index is -0.171. The first-order chi connectivity index (χ1) is 16.9. The number of aryl methyl sites for hydroxylation is 2. The second-order valence-electron chi connectivity index (χ2n) is 9.42. The van der Waals surface area contributed by atoms with E-state index < -0.39 is 0 Å². The normalized spacial score (nSPS) is 15.7. The number of carbonyl (C=O) groups is 2. The lowest BCUT2D eigenvalue weighted by molar-refractivity contribution is -0.145. The number of hydrogen-bond acceptors (Lipinski definition) is 6. The van der Waals surface area contributed by atoms with Gasteiger partial charge in [-0.1, -0.05) is 13.0 Å². The van der Waals surface area contributed by atoms with Crippen LogP contribution in [-0.2, 0) is 47.1 Å². The first-order valence-corrected chi connectivity index (χ1v) is 13.0. The van der Waals surface area contributed by atoms with E-state index in [0.717, 1.165) is 41.0 Å². The molecule has 0 spiro atoms. The third kappa shape index (κ3) is 6.26. The second kappa shape index (κ2) is 11.5. The molecule has 3 aromatic heterocycles. The van der Waals surface area contributed by atoms with Crippen LogP contribution in [0.4, 0.5) is 0 Å². The number of thiophene rings is 1. The summed E-state index contributed by atoms with van der Waals surface area (Å²) in [6, 6.07) is 10.2. The van der Waals surface area contributed by atoms with E-state index in [9.17, 15) is 14.9 Å². The third-order valence-electron chi connectivity index (χ3n) is 6.81. The van der Waals surface area contributed by atoms with Gasteiger partial charge < -0.3 is 9.30 Å². The van der Waals surface area contributed by atoms with E-state index in [0.29, 0.717) is 37.9 Å². The molecule has 35 heavy (non-hydrogen) atoms. The zero-order valence-electron chi connectivity index (χ0n) is 20.3. The molecule has 0 saturated heterocycles. The largest absolute Gasteiger partial charge is 0.465 e. The van der Waals surface area contributed by atoms with Gasteiger partial charge in [-0.25, -0.2) is 0 Å². The molecule has 0 radical (unpaired) electrons. The number of aromatic nitrogens is 2. The molecule has 0 N–H and O–H groups in total. The Morgan fingerprint density at radius 1 is 1.34 bits per heavy atom. The molecule has 0 aromatic carbocycles. The summed E-state index contributed by atoms with van der Waals surface area (Å²) in [5.41, 5.74) is 3.94. The maximum atomic E-state index is 12.8. The summed E-state index contributed by atoms with van der Waals surface area (Å²) < 4.78 is 7.60. The van der Waals surface area contributed by atoms with Crippen molar-refractivity contribution in [1.82, 2.24) is 9.55 Å². The van der Waals surface area contributed by atoms with E-state index in [1.54, 1.807) is 23.7 Å². The average Bonchev–Trinajstić information content (AvgIpc) is 3.43. The van der Waals surface area contributed by atoms with Crippen molar-refractivity contribution in [3.63, 3.8) is 0 Å². The molecule has 0 fully saturated rings. The van der Waals surface area contributed by atoms with Crippen LogP contribution in [0.1, 0.15) is 64.2 Å². The molecule has 1 aliphatic rings. The first-order valence-electron chi connectivity index (χ1n) is 12.2. The van der Waals surface area contributed by atoms with E-state index in [1.807, 2.05) is 49.0 Å². The number of esters is 1. The average molecular weight is 490 g/mol. The summed E-state index contributed by atoms with van der Waals surface area (Å²) in [5, 5.41) is 9.80. The van der Waals surface area contributed by atoms with Crippen molar-refractivity contribution in [3.8, 4) is 6.07 Å². The Hall–Kier alpha value is -3.24. The molecule has 0 saturated carbocycles. The Morgan fingerprint density at radius 2 is 2.20 bits per heavy atom. The SMILES string of the molecule is CC(CC(=O)Cc1sc2c(c1C#N)CCC(COC(=O)CCc1cccn1C)C2)c1cccnc1. The fourth-order valence-corrected chi connectivity index (χ4v) is 6.20. The molecule has 2 unspecified atom stereocenters. The van der Waals surface area contributed by atoms with Gasteiger partial charge in [0.2, 0.25) is 0 Å². The molecule has 4 rings (SSSR count). The van der Waals surface area contributed by atoms with Gasteiger partial charge in [0, 0.05) is 53.9 Å². The number of nitriles is 1. The van der Waals surface area contributed by atoms with Crippen molar-refractivity contribution >= 4 is 23.1 Å². The predicted octanol–water partition coefficient (Wildman–Crippen LogP) is 4.94. The quantitative estimate of drug-likeness (QED) is 0.377. The van der Waals surface area contributed by atoms with Gasteiger partial charge in [0.1, 0.15) is 11.9 Å². The Kier molecular flexibility index (Phi) is 8.14. The molecule has 0 aliphatic heterocycles. The van der Waals surface area contributed by atoms with Gasteiger partial charge in [-0.05, 0) is 66.8 Å².